The average molecular weight is 341 g/mol. The van der Waals surface area contributed by atoms with Crippen molar-refractivity contribution in [3.8, 4) is 0 Å². The molecule has 1 heterocycles. The van der Waals surface area contributed by atoms with Crippen LogP contribution >= 0.6 is 23.2 Å². The third-order valence-corrected chi connectivity index (χ3v) is 4.51. The van der Waals surface area contributed by atoms with Crippen LogP contribution in [0.5, 0.6) is 0 Å². The van der Waals surface area contributed by atoms with Crippen molar-refractivity contribution in [2.24, 2.45) is 0 Å². The van der Waals surface area contributed by atoms with Crippen LogP contribution in [0.15, 0.2) is 24.3 Å². The zero-order valence-corrected chi connectivity index (χ0v) is 14.2. The molecule has 120 valence electrons. The third kappa shape index (κ3) is 5.99. The van der Waals surface area contributed by atoms with Gasteiger partial charge >= 0.3 is 0 Å². The molecule has 0 saturated carbocycles. The Morgan fingerprint density at radius 2 is 1.95 bits per heavy atom. The second-order valence-electron chi connectivity index (χ2n) is 5.55. The van der Waals surface area contributed by atoms with Gasteiger partial charge in [-0.25, -0.2) is 0 Å². The van der Waals surface area contributed by atoms with E-state index in [9.17, 15) is 4.79 Å². The highest BCUT2D eigenvalue weighted by atomic mass is 35.5. The highest BCUT2D eigenvalue weighted by Gasteiger charge is 2.08. The van der Waals surface area contributed by atoms with Gasteiger partial charge in [-0.2, -0.15) is 0 Å². The Hall–Kier alpha value is -1.03. The highest BCUT2D eigenvalue weighted by molar-refractivity contribution is 6.42. The van der Waals surface area contributed by atoms with Crippen LogP contribution in [0.1, 0.15) is 31.2 Å². The maximum Gasteiger partial charge on any atom is 0.243 e. The Labute approximate surface area is 142 Å². The maximum absolute atomic E-state index is 11.7. The smallest absolute Gasteiger partial charge is 0.243 e. The van der Waals surface area contributed by atoms with Gasteiger partial charge in [0.15, 0.2) is 0 Å². The standard InChI is InChI=1S/C17H22Cl2N2O/c18-15-7-5-14(13-16(15)19)6-8-17(22)20-9-4-12-21-10-2-1-3-11-21/h5-8,13H,1-4,9-12H2,(H,20,22)/b8-6+. The van der Waals surface area contributed by atoms with Crippen LogP contribution in [-0.2, 0) is 4.79 Å². The number of nitrogens with zero attached hydrogens (tertiary/aromatic N) is 1. The van der Waals surface area contributed by atoms with Gasteiger partial charge < -0.3 is 10.2 Å². The summed E-state index contributed by atoms with van der Waals surface area (Å²) in [6, 6.07) is 5.29. The van der Waals surface area contributed by atoms with E-state index in [0.717, 1.165) is 18.5 Å². The maximum atomic E-state index is 11.7. The second-order valence-corrected chi connectivity index (χ2v) is 6.37. The molecule has 0 radical (unpaired) electrons. The van der Waals surface area contributed by atoms with Gasteiger partial charge in [0.1, 0.15) is 0 Å². The number of nitrogens with one attached hydrogen (secondary N) is 1. The molecule has 0 aliphatic carbocycles. The minimum Gasteiger partial charge on any atom is -0.353 e. The van der Waals surface area contributed by atoms with Crippen LogP contribution in [0.3, 0.4) is 0 Å². The summed E-state index contributed by atoms with van der Waals surface area (Å²) < 4.78 is 0. The van der Waals surface area contributed by atoms with Crippen molar-refractivity contribution in [1.29, 1.82) is 0 Å². The van der Waals surface area contributed by atoms with Crippen molar-refractivity contribution in [3.05, 3.63) is 39.9 Å². The number of amides is 1. The number of halogens is 2. The lowest BCUT2D eigenvalue weighted by Crippen LogP contribution is -2.33. The lowest BCUT2D eigenvalue weighted by Gasteiger charge is -2.26. The van der Waals surface area contributed by atoms with E-state index >= 15 is 0 Å². The molecule has 5 heteroatoms. The summed E-state index contributed by atoms with van der Waals surface area (Å²) in [5.41, 5.74) is 0.859. The average Bonchev–Trinajstić information content (AvgIpc) is 2.54. The molecule has 0 bridgehead atoms. The van der Waals surface area contributed by atoms with Crippen LogP contribution in [0.25, 0.3) is 6.08 Å². The van der Waals surface area contributed by atoms with E-state index in [4.69, 9.17) is 23.2 Å². The fourth-order valence-corrected chi connectivity index (χ4v) is 2.85. The summed E-state index contributed by atoms with van der Waals surface area (Å²) in [6.45, 7) is 4.17. The summed E-state index contributed by atoms with van der Waals surface area (Å²) in [7, 11) is 0. The van der Waals surface area contributed by atoms with Crippen molar-refractivity contribution < 1.29 is 4.79 Å². The molecule has 1 aliphatic heterocycles. The lowest BCUT2D eigenvalue weighted by molar-refractivity contribution is -0.116. The Bertz CT molecular complexity index is 525. The zero-order chi connectivity index (χ0) is 15.8. The summed E-state index contributed by atoms with van der Waals surface area (Å²) in [5, 5.41) is 3.91. The summed E-state index contributed by atoms with van der Waals surface area (Å²) >= 11 is 11.8. The molecule has 1 amide bonds. The molecule has 1 N–H and O–H groups in total. The minimum absolute atomic E-state index is 0.0790. The molecule has 1 saturated heterocycles. The first-order valence-corrected chi connectivity index (χ1v) is 8.54. The number of likely N-dealkylation sites (tertiary alicyclic amines) is 1. The first kappa shape index (κ1) is 17.3. The fraction of sp³-hybridized carbons (Fsp3) is 0.471. The molecular formula is C17H22Cl2N2O. The quantitative estimate of drug-likeness (QED) is 0.627. The molecule has 1 aliphatic rings. The number of benzene rings is 1. The SMILES string of the molecule is O=C(/C=C/c1ccc(Cl)c(Cl)c1)NCCCN1CCCCC1. The monoisotopic (exact) mass is 340 g/mol. The van der Waals surface area contributed by atoms with Crippen LogP contribution in [-0.4, -0.2) is 37.0 Å². The van der Waals surface area contributed by atoms with Crippen LogP contribution in [0.4, 0.5) is 0 Å². The van der Waals surface area contributed by atoms with Gasteiger partial charge in [0.25, 0.3) is 0 Å². The first-order chi connectivity index (χ1) is 10.6. The Morgan fingerprint density at radius 3 is 2.68 bits per heavy atom. The van der Waals surface area contributed by atoms with Crippen LogP contribution in [0, 0.1) is 0 Å². The Morgan fingerprint density at radius 1 is 1.18 bits per heavy atom. The van der Waals surface area contributed by atoms with E-state index in [1.54, 1.807) is 18.2 Å². The normalized spacial score (nSPS) is 16.1. The summed E-state index contributed by atoms with van der Waals surface area (Å²) in [6.07, 6.45) is 8.22. The third-order valence-electron chi connectivity index (χ3n) is 3.77. The molecule has 0 unspecified atom stereocenters. The van der Waals surface area contributed by atoms with Crippen molar-refractivity contribution in [1.82, 2.24) is 10.2 Å². The highest BCUT2D eigenvalue weighted by Crippen LogP contribution is 2.23. The predicted octanol–water partition coefficient (Wildman–Crippen LogP) is 4.00. The van der Waals surface area contributed by atoms with Gasteiger partial charge in [-0.3, -0.25) is 4.79 Å². The molecule has 1 aromatic carbocycles. The van der Waals surface area contributed by atoms with E-state index in [1.807, 2.05) is 6.07 Å². The Kier molecular flexibility index (Phi) is 7.23. The van der Waals surface area contributed by atoms with Gasteiger partial charge in [-0.15, -0.1) is 0 Å². The number of carbonyl (C=O) groups is 1. The first-order valence-electron chi connectivity index (χ1n) is 7.78. The van der Waals surface area contributed by atoms with Gasteiger partial charge in [-0.05, 0) is 62.7 Å². The molecule has 3 nitrogen and oxygen atoms in total. The molecule has 22 heavy (non-hydrogen) atoms. The second kappa shape index (κ2) is 9.19. The molecular weight excluding hydrogens is 319 g/mol. The van der Waals surface area contributed by atoms with E-state index < -0.39 is 0 Å². The minimum atomic E-state index is -0.0790. The van der Waals surface area contributed by atoms with Gasteiger partial charge in [-0.1, -0.05) is 35.7 Å². The van der Waals surface area contributed by atoms with E-state index in [1.165, 1.54) is 38.4 Å². The van der Waals surface area contributed by atoms with Gasteiger partial charge in [0.2, 0.25) is 5.91 Å². The number of carbonyl (C=O) groups excluding carboxylic acids is 1. The van der Waals surface area contributed by atoms with Crippen LogP contribution < -0.4 is 5.32 Å². The van der Waals surface area contributed by atoms with Crippen molar-refractivity contribution in [2.75, 3.05) is 26.2 Å². The van der Waals surface area contributed by atoms with Gasteiger partial charge in [0.05, 0.1) is 10.0 Å². The molecule has 0 spiro atoms. The molecule has 1 aromatic rings. The number of rotatable bonds is 6. The molecule has 1 fully saturated rings. The molecule has 2 rings (SSSR count). The predicted molar refractivity (Wildman–Crippen MR) is 93.4 cm³/mol. The van der Waals surface area contributed by atoms with E-state index in [2.05, 4.69) is 10.2 Å². The zero-order valence-electron chi connectivity index (χ0n) is 12.7. The summed E-state index contributed by atoms with van der Waals surface area (Å²) in [4.78, 5) is 14.2. The van der Waals surface area contributed by atoms with Crippen LogP contribution in [0.2, 0.25) is 10.0 Å². The summed E-state index contributed by atoms with van der Waals surface area (Å²) in [5.74, 6) is -0.0790. The number of hydrogen-bond donors (Lipinski definition) is 1. The molecule has 0 atom stereocenters. The lowest BCUT2D eigenvalue weighted by atomic mass is 10.1. The number of hydrogen-bond acceptors (Lipinski definition) is 2. The fourth-order valence-electron chi connectivity index (χ4n) is 2.54. The van der Waals surface area contributed by atoms with Crippen molar-refractivity contribution >= 4 is 35.2 Å². The Balaban J connectivity index is 1.66. The van der Waals surface area contributed by atoms with Gasteiger partial charge in [0, 0.05) is 12.6 Å². The topological polar surface area (TPSA) is 32.3 Å². The molecule has 0 aromatic heterocycles. The number of piperidine rings is 1. The largest absolute Gasteiger partial charge is 0.353 e. The van der Waals surface area contributed by atoms with Crippen molar-refractivity contribution in [3.63, 3.8) is 0 Å². The van der Waals surface area contributed by atoms with E-state index in [0.29, 0.717) is 16.6 Å². The van der Waals surface area contributed by atoms with E-state index in [-0.39, 0.29) is 5.91 Å². The van der Waals surface area contributed by atoms with Crippen molar-refractivity contribution in [2.45, 2.75) is 25.7 Å².